The maximum absolute atomic E-state index is 13.8. The van der Waals surface area contributed by atoms with E-state index in [1.807, 2.05) is 11.8 Å². The fourth-order valence-corrected chi connectivity index (χ4v) is 4.49. The molecule has 1 aromatic rings. The fourth-order valence-electron chi connectivity index (χ4n) is 3.23. The molecular formula is C16H21FN2O3S. The van der Waals surface area contributed by atoms with Crippen molar-refractivity contribution < 1.29 is 14.1 Å². The van der Waals surface area contributed by atoms with Gasteiger partial charge in [0.05, 0.1) is 11.0 Å². The maximum atomic E-state index is 13.8. The smallest absolute Gasteiger partial charge is 0.304 e. The third-order valence-electron chi connectivity index (χ3n) is 4.48. The lowest BCUT2D eigenvalue weighted by Gasteiger charge is -2.30. The first kappa shape index (κ1) is 16.7. The fraction of sp³-hybridized carbons (Fsp3) is 0.625. The van der Waals surface area contributed by atoms with Crippen molar-refractivity contribution in [2.24, 2.45) is 0 Å². The lowest BCUT2D eigenvalue weighted by atomic mass is 10.1. The van der Waals surface area contributed by atoms with Crippen LogP contribution in [0.25, 0.3) is 0 Å². The van der Waals surface area contributed by atoms with Crippen LogP contribution < -0.4 is 0 Å². The van der Waals surface area contributed by atoms with Gasteiger partial charge in [-0.2, -0.15) is 16.2 Å². The Bertz CT molecular complexity index is 560. The Morgan fingerprint density at radius 3 is 2.91 bits per heavy atom. The van der Waals surface area contributed by atoms with Crippen LogP contribution in [0.1, 0.15) is 24.8 Å². The van der Waals surface area contributed by atoms with Crippen molar-refractivity contribution in [3.63, 3.8) is 0 Å². The van der Waals surface area contributed by atoms with Gasteiger partial charge in [0, 0.05) is 37.6 Å². The lowest BCUT2D eigenvalue weighted by molar-refractivity contribution is -0.387. The first-order chi connectivity index (χ1) is 11.1. The average molecular weight is 340 g/mol. The summed E-state index contributed by atoms with van der Waals surface area (Å²) in [6.45, 7) is 2.29. The highest BCUT2D eigenvalue weighted by Crippen LogP contribution is 2.27. The van der Waals surface area contributed by atoms with E-state index in [0.717, 1.165) is 49.5 Å². The molecule has 0 spiro atoms. The minimum absolute atomic E-state index is 0.253. The van der Waals surface area contributed by atoms with Gasteiger partial charge in [-0.1, -0.05) is 6.07 Å². The number of halogens is 1. The van der Waals surface area contributed by atoms with E-state index in [4.69, 9.17) is 4.74 Å². The Kier molecular flexibility index (Phi) is 5.50. The van der Waals surface area contributed by atoms with E-state index in [1.165, 1.54) is 12.1 Å². The summed E-state index contributed by atoms with van der Waals surface area (Å²) in [6, 6.07) is 4.69. The van der Waals surface area contributed by atoms with Crippen molar-refractivity contribution in [3.05, 3.63) is 39.7 Å². The van der Waals surface area contributed by atoms with Gasteiger partial charge in [0.2, 0.25) is 5.82 Å². The molecule has 3 rings (SSSR count). The molecule has 0 unspecified atom stereocenters. The second kappa shape index (κ2) is 7.59. The van der Waals surface area contributed by atoms with Gasteiger partial charge in [-0.05, 0) is 36.6 Å². The van der Waals surface area contributed by atoms with Crippen molar-refractivity contribution >= 4 is 17.4 Å². The normalized spacial score (nSPS) is 24.4. The van der Waals surface area contributed by atoms with Crippen LogP contribution in [0.4, 0.5) is 10.1 Å². The van der Waals surface area contributed by atoms with Gasteiger partial charge in [0.15, 0.2) is 0 Å². The van der Waals surface area contributed by atoms with E-state index in [-0.39, 0.29) is 6.10 Å². The summed E-state index contributed by atoms with van der Waals surface area (Å²) in [5.41, 5.74) is 0.318. The predicted octanol–water partition coefficient (Wildman–Crippen LogP) is 3.22. The van der Waals surface area contributed by atoms with Crippen LogP contribution in [-0.4, -0.2) is 46.6 Å². The molecule has 2 fully saturated rings. The monoisotopic (exact) mass is 340 g/mol. The zero-order valence-electron chi connectivity index (χ0n) is 12.9. The van der Waals surface area contributed by atoms with Crippen LogP contribution in [0.5, 0.6) is 0 Å². The standard InChI is InChI=1S/C16H21FN2O3S/c17-15-8-12(3-4-16(15)19(20)21)9-18(13-5-7-23-11-13)10-14-2-1-6-22-14/h3-4,8,13-14H,1-2,5-7,9-11H2/t13-,14+/m0/s1. The summed E-state index contributed by atoms with van der Waals surface area (Å²) in [5, 5.41) is 10.7. The summed E-state index contributed by atoms with van der Waals surface area (Å²) in [5.74, 6) is 1.48. The Morgan fingerprint density at radius 2 is 2.30 bits per heavy atom. The summed E-state index contributed by atoms with van der Waals surface area (Å²) in [4.78, 5) is 12.4. The first-order valence-corrected chi connectivity index (χ1v) is 9.15. The molecule has 23 heavy (non-hydrogen) atoms. The minimum atomic E-state index is -0.759. The van der Waals surface area contributed by atoms with Gasteiger partial charge >= 0.3 is 5.69 Å². The number of nitro benzene ring substituents is 1. The topological polar surface area (TPSA) is 55.6 Å². The SMILES string of the molecule is O=[N+]([O-])c1ccc(CN(C[C@H]2CCCO2)[C@H]2CCSC2)cc1F. The number of benzene rings is 1. The Hall–Kier alpha value is -1.18. The van der Waals surface area contributed by atoms with E-state index in [1.54, 1.807) is 6.07 Å². The molecule has 1 aromatic carbocycles. The Balaban J connectivity index is 1.71. The summed E-state index contributed by atoms with van der Waals surface area (Å²) < 4.78 is 19.6. The van der Waals surface area contributed by atoms with Crippen molar-refractivity contribution in [2.45, 2.75) is 38.0 Å². The van der Waals surface area contributed by atoms with Crippen molar-refractivity contribution in [2.75, 3.05) is 24.7 Å². The molecule has 2 saturated heterocycles. The highest BCUT2D eigenvalue weighted by molar-refractivity contribution is 7.99. The number of hydrogen-bond acceptors (Lipinski definition) is 5. The third kappa shape index (κ3) is 4.22. The van der Waals surface area contributed by atoms with E-state index in [9.17, 15) is 14.5 Å². The minimum Gasteiger partial charge on any atom is -0.377 e. The molecule has 0 bridgehead atoms. The van der Waals surface area contributed by atoms with Gasteiger partial charge < -0.3 is 4.74 Å². The zero-order chi connectivity index (χ0) is 16.2. The van der Waals surface area contributed by atoms with Crippen LogP contribution in [0.2, 0.25) is 0 Å². The number of rotatable bonds is 6. The van der Waals surface area contributed by atoms with Crippen LogP contribution in [0.15, 0.2) is 18.2 Å². The Morgan fingerprint density at radius 1 is 1.43 bits per heavy atom. The molecule has 126 valence electrons. The van der Waals surface area contributed by atoms with E-state index >= 15 is 0 Å². The summed E-state index contributed by atoms with van der Waals surface area (Å²) >= 11 is 1.94. The largest absolute Gasteiger partial charge is 0.377 e. The molecule has 2 aliphatic rings. The van der Waals surface area contributed by atoms with Crippen LogP contribution in [0.3, 0.4) is 0 Å². The number of nitrogens with zero attached hydrogens (tertiary/aromatic N) is 2. The number of thioether (sulfide) groups is 1. The van der Waals surface area contributed by atoms with Gasteiger partial charge in [-0.3, -0.25) is 15.0 Å². The quantitative estimate of drug-likeness (QED) is 0.588. The molecule has 7 heteroatoms. The number of nitro groups is 1. The van der Waals surface area contributed by atoms with Crippen LogP contribution in [0, 0.1) is 15.9 Å². The van der Waals surface area contributed by atoms with Crippen LogP contribution in [-0.2, 0) is 11.3 Å². The molecule has 0 saturated carbocycles. The molecule has 0 radical (unpaired) electrons. The molecule has 0 aromatic heterocycles. The predicted molar refractivity (Wildman–Crippen MR) is 88.2 cm³/mol. The van der Waals surface area contributed by atoms with E-state index in [2.05, 4.69) is 4.90 Å². The number of hydrogen-bond donors (Lipinski definition) is 0. The number of ether oxygens (including phenoxy) is 1. The third-order valence-corrected chi connectivity index (χ3v) is 5.62. The lowest BCUT2D eigenvalue weighted by Crippen LogP contribution is -2.40. The summed E-state index contributed by atoms with van der Waals surface area (Å²) in [6.07, 6.45) is 3.56. The molecule has 2 atom stereocenters. The van der Waals surface area contributed by atoms with Crippen molar-refractivity contribution in [1.82, 2.24) is 4.90 Å². The van der Waals surface area contributed by atoms with Gasteiger partial charge in [-0.15, -0.1) is 0 Å². The Labute approximate surface area is 139 Å². The molecule has 0 amide bonds. The molecule has 2 heterocycles. The second-order valence-corrected chi connectivity index (χ2v) is 7.27. The van der Waals surface area contributed by atoms with Crippen LogP contribution >= 0.6 is 11.8 Å². The van der Waals surface area contributed by atoms with Gasteiger partial charge in [0.25, 0.3) is 0 Å². The highest BCUT2D eigenvalue weighted by Gasteiger charge is 2.27. The molecule has 0 aliphatic carbocycles. The molecule has 0 N–H and O–H groups in total. The van der Waals surface area contributed by atoms with Crippen molar-refractivity contribution in [1.29, 1.82) is 0 Å². The molecule has 2 aliphatic heterocycles. The van der Waals surface area contributed by atoms with Gasteiger partial charge in [0.1, 0.15) is 0 Å². The maximum Gasteiger partial charge on any atom is 0.304 e. The average Bonchev–Trinajstić information content (AvgIpc) is 3.20. The summed E-state index contributed by atoms with van der Waals surface area (Å²) in [7, 11) is 0. The molecule has 5 nitrogen and oxygen atoms in total. The first-order valence-electron chi connectivity index (χ1n) is 7.99. The van der Waals surface area contributed by atoms with Crippen molar-refractivity contribution in [3.8, 4) is 0 Å². The van der Waals surface area contributed by atoms with Gasteiger partial charge in [-0.25, -0.2) is 0 Å². The molecular weight excluding hydrogens is 319 g/mol. The second-order valence-electron chi connectivity index (χ2n) is 6.12. The van der Waals surface area contributed by atoms with E-state index < -0.39 is 16.4 Å². The zero-order valence-corrected chi connectivity index (χ0v) is 13.8. The van der Waals surface area contributed by atoms with E-state index in [0.29, 0.717) is 12.6 Å². The highest BCUT2D eigenvalue weighted by atomic mass is 32.2.